The van der Waals surface area contributed by atoms with E-state index >= 15 is 0 Å². The molecule has 0 atom stereocenters. The SMILES string of the molecule is COc1cc(/C=N/NC(=O)c2ccc(OCc3ccc(Cl)cc3Cl)cc2)ccc1OC(=O)c1ccccc1. The molecule has 0 aromatic heterocycles. The van der Waals surface area contributed by atoms with Crippen LogP contribution in [0.2, 0.25) is 10.0 Å². The number of methoxy groups -OCH3 is 1. The number of benzene rings is 4. The molecule has 0 aliphatic carbocycles. The minimum atomic E-state index is -0.497. The number of carbonyl (C=O) groups is 2. The maximum atomic E-state index is 12.5. The molecule has 7 nitrogen and oxygen atoms in total. The third-order valence-corrected chi connectivity index (χ3v) is 5.89. The van der Waals surface area contributed by atoms with Crippen molar-refractivity contribution in [2.45, 2.75) is 6.61 Å². The first-order chi connectivity index (χ1) is 18.4. The summed E-state index contributed by atoms with van der Waals surface area (Å²) in [5, 5.41) is 5.08. The number of nitrogens with zero attached hydrogens (tertiary/aromatic N) is 1. The largest absolute Gasteiger partial charge is 0.493 e. The second kappa shape index (κ2) is 12.8. The molecule has 9 heteroatoms. The number of hydrogen-bond donors (Lipinski definition) is 1. The van der Waals surface area contributed by atoms with E-state index in [1.165, 1.54) is 13.3 Å². The predicted octanol–water partition coefficient (Wildman–Crippen LogP) is 6.56. The van der Waals surface area contributed by atoms with Crippen molar-refractivity contribution in [1.29, 1.82) is 0 Å². The van der Waals surface area contributed by atoms with E-state index in [0.29, 0.717) is 38.2 Å². The van der Waals surface area contributed by atoms with Gasteiger partial charge in [0.25, 0.3) is 5.91 Å². The number of hydrazone groups is 1. The number of halogens is 2. The van der Waals surface area contributed by atoms with Gasteiger partial charge in [-0.2, -0.15) is 5.10 Å². The summed E-state index contributed by atoms with van der Waals surface area (Å²) in [6, 6.07) is 25.4. The van der Waals surface area contributed by atoms with E-state index in [2.05, 4.69) is 10.5 Å². The van der Waals surface area contributed by atoms with Gasteiger partial charge in [0.2, 0.25) is 0 Å². The number of nitrogens with one attached hydrogen (secondary N) is 1. The van der Waals surface area contributed by atoms with Gasteiger partial charge in [-0.05, 0) is 72.3 Å². The molecule has 0 bridgehead atoms. The smallest absolute Gasteiger partial charge is 0.343 e. The van der Waals surface area contributed by atoms with Crippen LogP contribution in [-0.2, 0) is 6.61 Å². The zero-order valence-electron chi connectivity index (χ0n) is 20.2. The topological polar surface area (TPSA) is 86.2 Å². The Hall–Kier alpha value is -4.33. The van der Waals surface area contributed by atoms with E-state index in [9.17, 15) is 9.59 Å². The highest BCUT2D eigenvalue weighted by Gasteiger charge is 2.12. The van der Waals surface area contributed by atoms with Crippen LogP contribution >= 0.6 is 23.2 Å². The fraction of sp³-hybridized carbons (Fsp3) is 0.0690. The molecule has 0 aliphatic rings. The lowest BCUT2D eigenvalue weighted by Crippen LogP contribution is -2.17. The predicted molar refractivity (Wildman–Crippen MR) is 147 cm³/mol. The van der Waals surface area contributed by atoms with E-state index in [1.807, 2.05) is 6.07 Å². The lowest BCUT2D eigenvalue weighted by molar-refractivity contribution is 0.0729. The van der Waals surface area contributed by atoms with E-state index in [-0.39, 0.29) is 12.4 Å². The van der Waals surface area contributed by atoms with E-state index < -0.39 is 11.9 Å². The Bertz CT molecular complexity index is 1460. The lowest BCUT2D eigenvalue weighted by atomic mass is 10.2. The first-order valence-electron chi connectivity index (χ1n) is 11.4. The molecule has 4 aromatic carbocycles. The first-order valence-corrected chi connectivity index (χ1v) is 12.1. The van der Waals surface area contributed by atoms with Gasteiger partial charge in [-0.25, -0.2) is 10.2 Å². The van der Waals surface area contributed by atoms with Crippen molar-refractivity contribution in [3.8, 4) is 17.2 Å². The van der Waals surface area contributed by atoms with Crippen LogP contribution in [0.15, 0.2) is 96.1 Å². The summed E-state index contributed by atoms with van der Waals surface area (Å²) in [7, 11) is 1.47. The molecule has 4 aromatic rings. The Balaban J connectivity index is 1.32. The Kier molecular flexibility index (Phi) is 8.98. The molecule has 4 rings (SSSR count). The van der Waals surface area contributed by atoms with Gasteiger partial charge in [0.15, 0.2) is 11.5 Å². The summed E-state index contributed by atoms with van der Waals surface area (Å²) < 4.78 is 16.5. The van der Waals surface area contributed by atoms with Crippen LogP contribution in [0, 0.1) is 0 Å². The third kappa shape index (κ3) is 7.12. The summed E-state index contributed by atoms with van der Waals surface area (Å²) in [6.07, 6.45) is 1.45. The van der Waals surface area contributed by atoms with Crippen molar-refractivity contribution in [2.24, 2.45) is 5.10 Å². The number of ether oxygens (including phenoxy) is 3. The minimum Gasteiger partial charge on any atom is -0.493 e. The number of hydrogen-bond acceptors (Lipinski definition) is 6. The molecule has 0 saturated carbocycles. The molecule has 0 saturated heterocycles. The Morgan fingerprint density at radius 2 is 1.63 bits per heavy atom. The van der Waals surface area contributed by atoms with Crippen LogP contribution in [0.4, 0.5) is 0 Å². The Labute approximate surface area is 229 Å². The summed E-state index contributed by atoms with van der Waals surface area (Å²) in [5.74, 6) is 0.302. The van der Waals surface area contributed by atoms with Crippen LogP contribution in [0.5, 0.6) is 17.2 Å². The van der Waals surface area contributed by atoms with Crippen molar-refractivity contribution < 1.29 is 23.8 Å². The zero-order chi connectivity index (χ0) is 26.9. The molecule has 0 spiro atoms. The number of rotatable bonds is 9. The van der Waals surface area contributed by atoms with Crippen LogP contribution in [0.3, 0.4) is 0 Å². The highest BCUT2D eigenvalue weighted by molar-refractivity contribution is 6.35. The molecule has 0 heterocycles. The highest BCUT2D eigenvalue weighted by Crippen LogP contribution is 2.28. The zero-order valence-corrected chi connectivity index (χ0v) is 21.7. The lowest BCUT2D eigenvalue weighted by Gasteiger charge is -2.10. The molecular formula is C29H22Cl2N2O5. The van der Waals surface area contributed by atoms with Crippen molar-refractivity contribution in [2.75, 3.05) is 7.11 Å². The maximum Gasteiger partial charge on any atom is 0.343 e. The van der Waals surface area contributed by atoms with Gasteiger partial charge in [0.1, 0.15) is 12.4 Å². The standard InChI is InChI=1S/C29H22Cl2N2O5/c1-36-27-15-19(7-14-26(27)38-29(35)21-5-3-2-4-6-21)17-32-33-28(34)20-9-12-24(13-10-20)37-18-22-8-11-23(30)16-25(22)31/h2-17H,18H2,1H3,(H,33,34)/b32-17+. The molecule has 0 aliphatic heterocycles. The normalized spacial score (nSPS) is 10.7. The first kappa shape index (κ1) is 26.7. The Morgan fingerprint density at radius 3 is 2.34 bits per heavy atom. The van der Waals surface area contributed by atoms with Crippen LogP contribution in [-0.4, -0.2) is 25.2 Å². The minimum absolute atomic E-state index is 0.263. The van der Waals surface area contributed by atoms with Gasteiger partial charge in [-0.15, -0.1) is 0 Å². The van der Waals surface area contributed by atoms with E-state index in [4.69, 9.17) is 37.4 Å². The molecule has 0 unspecified atom stereocenters. The van der Waals surface area contributed by atoms with Gasteiger partial charge < -0.3 is 14.2 Å². The summed E-state index contributed by atoms with van der Waals surface area (Å²) in [4.78, 5) is 24.8. The van der Waals surface area contributed by atoms with Gasteiger partial charge in [-0.3, -0.25) is 4.79 Å². The van der Waals surface area contributed by atoms with Crippen LogP contribution in [0.1, 0.15) is 31.8 Å². The van der Waals surface area contributed by atoms with Crippen molar-refractivity contribution >= 4 is 41.3 Å². The van der Waals surface area contributed by atoms with Gasteiger partial charge >= 0.3 is 5.97 Å². The second-order valence-electron chi connectivity index (χ2n) is 7.91. The van der Waals surface area contributed by atoms with Crippen LogP contribution < -0.4 is 19.6 Å². The van der Waals surface area contributed by atoms with Crippen molar-refractivity contribution in [3.05, 3.63) is 123 Å². The average molecular weight is 549 g/mol. The van der Waals surface area contributed by atoms with Crippen molar-refractivity contribution in [3.63, 3.8) is 0 Å². The van der Waals surface area contributed by atoms with Crippen molar-refractivity contribution in [1.82, 2.24) is 5.43 Å². The van der Waals surface area contributed by atoms with Gasteiger partial charge in [0.05, 0.1) is 18.9 Å². The monoisotopic (exact) mass is 548 g/mol. The fourth-order valence-corrected chi connectivity index (χ4v) is 3.78. The number of carbonyl (C=O) groups excluding carboxylic acids is 2. The highest BCUT2D eigenvalue weighted by atomic mass is 35.5. The summed E-state index contributed by atoms with van der Waals surface area (Å²) in [5.41, 5.74) is 4.73. The molecular weight excluding hydrogens is 527 g/mol. The van der Waals surface area contributed by atoms with Gasteiger partial charge in [-0.1, -0.05) is 47.5 Å². The molecule has 0 fully saturated rings. The summed E-state index contributed by atoms with van der Waals surface area (Å²) >= 11 is 12.1. The molecule has 1 amide bonds. The van der Waals surface area contributed by atoms with E-state index in [1.54, 1.807) is 84.9 Å². The average Bonchev–Trinajstić information content (AvgIpc) is 2.94. The maximum absolute atomic E-state index is 12.5. The van der Waals surface area contributed by atoms with E-state index in [0.717, 1.165) is 5.56 Å². The van der Waals surface area contributed by atoms with Crippen LogP contribution in [0.25, 0.3) is 0 Å². The van der Waals surface area contributed by atoms with Gasteiger partial charge in [0, 0.05) is 21.2 Å². The Morgan fingerprint density at radius 1 is 0.868 bits per heavy atom. The summed E-state index contributed by atoms with van der Waals surface area (Å²) in [6.45, 7) is 0.263. The molecule has 38 heavy (non-hydrogen) atoms. The third-order valence-electron chi connectivity index (χ3n) is 5.31. The fourth-order valence-electron chi connectivity index (χ4n) is 3.31. The number of amides is 1. The quantitative estimate of drug-likeness (QED) is 0.111. The molecule has 0 radical (unpaired) electrons. The number of esters is 1. The molecule has 192 valence electrons. The molecule has 1 N–H and O–H groups in total. The second-order valence-corrected chi connectivity index (χ2v) is 8.76.